The smallest absolute Gasteiger partial charge is 0.0661 e. The molecule has 0 aromatic carbocycles. The lowest BCUT2D eigenvalue weighted by Gasteiger charge is -2.59. The van der Waals surface area contributed by atoms with Gasteiger partial charge in [-0.1, -0.05) is 13.8 Å². The molecule has 0 amide bonds. The van der Waals surface area contributed by atoms with Gasteiger partial charge in [-0.2, -0.15) is 5.26 Å². The SMILES string of the molecule is C[C@@]12CC[C@@H]3[C@H](CC[C@]4(C)[C@H](C#N)CC[C@@H]34)[C@H]1CC[C@@H](O)C2. The Hall–Kier alpha value is -0.550. The van der Waals surface area contributed by atoms with E-state index in [2.05, 4.69) is 19.9 Å². The first kappa shape index (κ1) is 15.0. The molecule has 0 aromatic rings. The summed E-state index contributed by atoms with van der Waals surface area (Å²) in [7, 11) is 0. The van der Waals surface area contributed by atoms with Gasteiger partial charge in [-0.15, -0.1) is 0 Å². The molecule has 22 heavy (non-hydrogen) atoms. The van der Waals surface area contributed by atoms with Crippen LogP contribution in [0, 0.1) is 51.8 Å². The fraction of sp³-hybridized carbons (Fsp3) is 0.950. The van der Waals surface area contributed by atoms with Crippen molar-refractivity contribution in [2.75, 3.05) is 0 Å². The van der Waals surface area contributed by atoms with E-state index in [1.54, 1.807) is 0 Å². The second kappa shape index (κ2) is 4.97. The number of aliphatic hydroxyl groups is 1. The Kier molecular flexibility index (Phi) is 3.39. The molecule has 0 aromatic heterocycles. The molecule has 122 valence electrons. The minimum atomic E-state index is -0.0545. The third-order valence-electron chi connectivity index (χ3n) is 8.62. The highest BCUT2D eigenvalue weighted by atomic mass is 16.3. The molecule has 0 unspecified atom stereocenters. The molecule has 4 saturated carbocycles. The molecule has 4 aliphatic rings. The average molecular weight is 301 g/mol. The van der Waals surface area contributed by atoms with Gasteiger partial charge >= 0.3 is 0 Å². The quantitative estimate of drug-likeness (QED) is 0.714. The van der Waals surface area contributed by atoms with Crippen LogP contribution in [0.2, 0.25) is 0 Å². The van der Waals surface area contributed by atoms with E-state index in [9.17, 15) is 10.4 Å². The van der Waals surface area contributed by atoms with Gasteiger partial charge in [-0.05, 0) is 92.3 Å². The number of hydrogen-bond donors (Lipinski definition) is 1. The van der Waals surface area contributed by atoms with Crippen LogP contribution in [0.5, 0.6) is 0 Å². The fourth-order valence-corrected chi connectivity index (χ4v) is 7.47. The van der Waals surface area contributed by atoms with Crippen molar-refractivity contribution in [1.82, 2.24) is 0 Å². The monoisotopic (exact) mass is 301 g/mol. The summed E-state index contributed by atoms with van der Waals surface area (Å²) in [6, 6.07) is 2.64. The predicted octanol–water partition coefficient (Wildman–Crippen LogP) is 4.53. The molecule has 0 radical (unpaired) electrons. The highest BCUT2D eigenvalue weighted by molar-refractivity contribution is 5.11. The van der Waals surface area contributed by atoms with Crippen LogP contribution in [0.4, 0.5) is 0 Å². The molecule has 0 aliphatic heterocycles. The number of nitriles is 1. The normalized spacial score (nSPS) is 57.4. The maximum atomic E-state index is 10.1. The van der Waals surface area contributed by atoms with Gasteiger partial charge < -0.3 is 5.11 Å². The van der Waals surface area contributed by atoms with Gasteiger partial charge in [0.25, 0.3) is 0 Å². The van der Waals surface area contributed by atoms with E-state index >= 15 is 0 Å². The summed E-state index contributed by atoms with van der Waals surface area (Å²) in [5.41, 5.74) is 0.692. The van der Waals surface area contributed by atoms with Crippen LogP contribution in [-0.4, -0.2) is 11.2 Å². The lowest BCUT2D eigenvalue weighted by Crippen LogP contribution is -2.52. The number of nitrogens with zero attached hydrogens (tertiary/aromatic N) is 1. The predicted molar refractivity (Wildman–Crippen MR) is 86.8 cm³/mol. The minimum Gasteiger partial charge on any atom is -0.393 e. The van der Waals surface area contributed by atoms with Gasteiger partial charge in [0, 0.05) is 0 Å². The van der Waals surface area contributed by atoms with E-state index in [1.807, 2.05) is 0 Å². The Balaban J connectivity index is 1.61. The molecule has 8 atom stereocenters. The summed E-state index contributed by atoms with van der Waals surface area (Å²) in [4.78, 5) is 0. The molecule has 0 bridgehead atoms. The summed E-state index contributed by atoms with van der Waals surface area (Å²) in [6.07, 6.45) is 10.9. The summed E-state index contributed by atoms with van der Waals surface area (Å²) in [5.74, 6) is 3.68. The standard InChI is InChI=1S/C20H31NO/c1-19-9-7-16-15(17(19)6-4-14(22)11-19)8-10-20(2)13(12-21)3-5-18(16)20/h13-18,22H,3-11H2,1-2H3/t13-,14+,15-,16+,17+,18-,19-,20+/m0/s1. The summed E-state index contributed by atoms with van der Waals surface area (Å²) in [5, 5.41) is 19.7. The zero-order valence-electron chi connectivity index (χ0n) is 14.2. The second-order valence-corrected chi connectivity index (χ2v) is 9.47. The zero-order valence-corrected chi connectivity index (χ0v) is 14.2. The van der Waals surface area contributed by atoms with Crippen LogP contribution in [0.15, 0.2) is 0 Å². The van der Waals surface area contributed by atoms with Crippen LogP contribution >= 0.6 is 0 Å². The first-order valence-corrected chi connectivity index (χ1v) is 9.55. The van der Waals surface area contributed by atoms with E-state index in [-0.39, 0.29) is 6.10 Å². The van der Waals surface area contributed by atoms with Crippen molar-refractivity contribution in [1.29, 1.82) is 5.26 Å². The molecular weight excluding hydrogens is 270 g/mol. The first-order valence-electron chi connectivity index (χ1n) is 9.55. The highest BCUT2D eigenvalue weighted by Gasteiger charge is 2.59. The lowest BCUT2D eigenvalue weighted by atomic mass is 9.46. The molecule has 2 nitrogen and oxygen atoms in total. The lowest BCUT2D eigenvalue weighted by molar-refractivity contribution is -0.112. The van der Waals surface area contributed by atoms with Crippen molar-refractivity contribution in [3.63, 3.8) is 0 Å². The van der Waals surface area contributed by atoms with Crippen LogP contribution in [0.25, 0.3) is 0 Å². The molecular formula is C20H31NO. The van der Waals surface area contributed by atoms with Gasteiger partial charge in [-0.3, -0.25) is 0 Å². The van der Waals surface area contributed by atoms with Crippen LogP contribution < -0.4 is 0 Å². The topological polar surface area (TPSA) is 44.0 Å². The van der Waals surface area contributed by atoms with Crippen molar-refractivity contribution in [2.24, 2.45) is 40.4 Å². The van der Waals surface area contributed by atoms with Crippen molar-refractivity contribution in [2.45, 2.75) is 77.7 Å². The summed E-state index contributed by atoms with van der Waals surface area (Å²) >= 11 is 0. The largest absolute Gasteiger partial charge is 0.393 e. The third-order valence-corrected chi connectivity index (χ3v) is 8.62. The van der Waals surface area contributed by atoms with Crippen molar-refractivity contribution < 1.29 is 5.11 Å². The Morgan fingerprint density at radius 3 is 2.36 bits per heavy atom. The average Bonchev–Trinajstić information content (AvgIpc) is 2.82. The maximum absolute atomic E-state index is 10.1. The van der Waals surface area contributed by atoms with Gasteiger partial charge in [0.05, 0.1) is 18.1 Å². The Labute approximate surface area is 135 Å². The first-order chi connectivity index (χ1) is 10.5. The van der Waals surface area contributed by atoms with E-state index in [0.717, 1.165) is 42.9 Å². The Bertz CT molecular complexity index is 496. The van der Waals surface area contributed by atoms with Crippen LogP contribution in [-0.2, 0) is 0 Å². The van der Waals surface area contributed by atoms with E-state index in [1.165, 1.54) is 38.5 Å². The van der Waals surface area contributed by atoms with E-state index in [4.69, 9.17) is 0 Å². The molecule has 4 rings (SSSR count). The van der Waals surface area contributed by atoms with Gasteiger partial charge in [-0.25, -0.2) is 0 Å². The summed E-state index contributed by atoms with van der Waals surface area (Å²) < 4.78 is 0. The van der Waals surface area contributed by atoms with Crippen molar-refractivity contribution >= 4 is 0 Å². The van der Waals surface area contributed by atoms with E-state index < -0.39 is 0 Å². The zero-order chi connectivity index (χ0) is 15.5. The number of hydrogen-bond acceptors (Lipinski definition) is 2. The second-order valence-electron chi connectivity index (χ2n) is 9.47. The molecule has 0 saturated heterocycles. The highest BCUT2D eigenvalue weighted by Crippen LogP contribution is 2.66. The molecule has 1 N–H and O–H groups in total. The molecule has 4 fully saturated rings. The maximum Gasteiger partial charge on any atom is 0.0661 e. The van der Waals surface area contributed by atoms with E-state index in [0.29, 0.717) is 16.7 Å². The summed E-state index contributed by atoms with van der Waals surface area (Å²) in [6.45, 7) is 4.88. The molecule has 0 spiro atoms. The molecule has 4 aliphatic carbocycles. The Morgan fingerprint density at radius 1 is 0.909 bits per heavy atom. The number of fused-ring (bicyclic) bond motifs is 5. The molecule has 2 heteroatoms. The number of aliphatic hydroxyl groups excluding tert-OH is 1. The number of rotatable bonds is 0. The fourth-order valence-electron chi connectivity index (χ4n) is 7.47. The van der Waals surface area contributed by atoms with Crippen LogP contribution in [0.3, 0.4) is 0 Å². The molecule has 0 heterocycles. The van der Waals surface area contributed by atoms with Gasteiger partial charge in [0.15, 0.2) is 0 Å². The minimum absolute atomic E-state index is 0.0545. The van der Waals surface area contributed by atoms with Crippen LogP contribution in [0.1, 0.15) is 71.6 Å². The van der Waals surface area contributed by atoms with Crippen molar-refractivity contribution in [3.8, 4) is 6.07 Å². The van der Waals surface area contributed by atoms with Gasteiger partial charge in [0.1, 0.15) is 0 Å². The van der Waals surface area contributed by atoms with Gasteiger partial charge in [0.2, 0.25) is 0 Å². The Morgan fingerprint density at radius 2 is 1.59 bits per heavy atom. The third kappa shape index (κ3) is 1.94. The van der Waals surface area contributed by atoms with Crippen molar-refractivity contribution in [3.05, 3.63) is 0 Å².